The second-order valence-corrected chi connectivity index (χ2v) is 8.98. The first-order chi connectivity index (χ1) is 13.8. The van der Waals surface area contributed by atoms with E-state index in [1.165, 1.54) is 23.1 Å². The molecule has 0 aliphatic heterocycles. The average molecular weight is 427 g/mol. The van der Waals surface area contributed by atoms with Crippen molar-refractivity contribution in [3.8, 4) is 0 Å². The lowest BCUT2D eigenvalue weighted by Gasteiger charge is -2.08. The van der Waals surface area contributed by atoms with Crippen molar-refractivity contribution >= 4 is 45.7 Å². The van der Waals surface area contributed by atoms with Crippen LogP contribution in [0.3, 0.4) is 0 Å². The third-order valence-corrected chi connectivity index (χ3v) is 6.36. The van der Waals surface area contributed by atoms with E-state index in [4.69, 9.17) is 0 Å². The van der Waals surface area contributed by atoms with Gasteiger partial charge in [0.1, 0.15) is 0 Å². The van der Waals surface area contributed by atoms with Gasteiger partial charge in [0.05, 0.1) is 5.75 Å². The van der Waals surface area contributed by atoms with Gasteiger partial charge in [-0.05, 0) is 68.1 Å². The van der Waals surface area contributed by atoms with Gasteiger partial charge in [-0.15, -0.1) is 10.2 Å². The van der Waals surface area contributed by atoms with Gasteiger partial charge in [-0.1, -0.05) is 41.3 Å². The zero-order chi connectivity index (χ0) is 21.0. The summed E-state index contributed by atoms with van der Waals surface area (Å²) in [5, 5.41) is 14.1. The molecule has 1 heterocycles. The molecule has 0 atom stereocenters. The van der Waals surface area contributed by atoms with Crippen molar-refractivity contribution in [2.24, 2.45) is 0 Å². The van der Waals surface area contributed by atoms with Crippen LogP contribution in [-0.2, 0) is 4.79 Å². The normalized spacial score (nSPS) is 10.6. The molecular weight excluding hydrogens is 404 g/mol. The van der Waals surface area contributed by atoms with Crippen LogP contribution in [0.2, 0.25) is 0 Å². The number of hydrogen-bond acceptors (Lipinski definition) is 6. The zero-order valence-corrected chi connectivity index (χ0v) is 18.3. The van der Waals surface area contributed by atoms with Crippen molar-refractivity contribution < 1.29 is 9.59 Å². The second-order valence-electron chi connectivity index (χ2n) is 6.78. The first-order valence-corrected chi connectivity index (χ1v) is 10.8. The Morgan fingerprint density at radius 3 is 2.45 bits per heavy atom. The molecule has 6 nitrogen and oxygen atoms in total. The van der Waals surface area contributed by atoms with Crippen LogP contribution in [-0.4, -0.2) is 27.8 Å². The molecule has 2 N–H and O–H groups in total. The molecule has 0 saturated carbocycles. The number of carbonyl (C=O) groups is 2. The van der Waals surface area contributed by atoms with E-state index in [1.54, 1.807) is 6.07 Å². The summed E-state index contributed by atoms with van der Waals surface area (Å²) in [6.07, 6.45) is 0. The van der Waals surface area contributed by atoms with Crippen molar-refractivity contribution in [1.29, 1.82) is 0 Å². The Balaban J connectivity index is 1.54. The number of hydrogen-bond donors (Lipinski definition) is 2. The molecule has 150 valence electrons. The molecule has 0 bridgehead atoms. The molecule has 1 aromatic heterocycles. The van der Waals surface area contributed by atoms with E-state index in [9.17, 15) is 9.59 Å². The lowest BCUT2D eigenvalue weighted by molar-refractivity contribution is -0.113. The summed E-state index contributed by atoms with van der Waals surface area (Å²) in [5.74, 6) is -0.124. The predicted molar refractivity (Wildman–Crippen MR) is 119 cm³/mol. The van der Waals surface area contributed by atoms with Crippen molar-refractivity contribution in [3.05, 3.63) is 64.2 Å². The van der Waals surface area contributed by atoms with E-state index in [1.807, 2.05) is 58.0 Å². The van der Waals surface area contributed by atoms with Gasteiger partial charge in [0, 0.05) is 11.3 Å². The summed E-state index contributed by atoms with van der Waals surface area (Å²) in [7, 11) is 0. The van der Waals surface area contributed by atoms with Crippen LogP contribution in [0.25, 0.3) is 0 Å². The highest BCUT2D eigenvalue weighted by molar-refractivity contribution is 8.01. The predicted octanol–water partition coefficient (Wildman–Crippen LogP) is 4.75. The Kier molecular flexibility index (Phi) is 6.66. The standard InChI is InChI=1S/C21H22N4O2S2/c1-12-5-6-14(3)17(9-12)22-18(26)11-28-21-25-24-20(29-21)23-19(27)16-8-7-13(2)15(4)10-16/h5-10H,11H2,1-4H3,(H,22,26)(H,23,24,27). The molecule has 0 fully saturated rings. The molecule has 0 radical (unpaired) electrons. The highest BCUT2D eigenvalue weighted by Crippen LogP contribution is 2.26. The van der Waals surface area contributed by atoms with Crippen LogP contribution in [0.5, 0.6) is 0 Å². The Labute approximate surface area is 178 Å². The second kappa shape index (κ2) is 9.19. The third-order valence-electron chi connectivity index (χ3n) is 4.39. The Morgan fingerprint density at radius 1 is 0.931 bits per heavy atom. The summed E-state index contributed by atoms with van der Waals surface area (Å²) in [5.41, 5.74) is 5.68. The van der Waals surface area contributed by atoms with Crippen LogP contribution >= 0.6 is 23.1 Å². The number of aryl methyl sites for hydroxylation is 4. The Hall–Kier alpha value is -2.71. The Morgan fingerprint density at radius 2 is 1.69 bits per heavy atom. The van der Waals surface area contributed by atoms with Crippen LogP contribution in [0.15, 0.2) is 40.7 Å². The smallest absolute Gasteiger partial charge is 0.257 e. The highest BCUT2D eigenvalue weighted by atomic mass is 32.2. The molecule has 29 heavy (non-hydrogen) atoms. The number of amides is 2. The van der Waals surface area contributed by atoms with Crippen molar-refractivity contribution in [2.45, 2.75) is 32.0 Å². The van der Waals surface area contributed by atoms with E-state index in [0.717, 1.165) is 27.9 Å². The molecular formula is C21H22N4O2S2. The molecule has 0 saturated heterocycles. The minimum absolute atomic E-state index is 0.111. The van der Waals surface area contributed by atoms with Crippen LogP contribution in [0, 0.1) is 27.7 Å². The number of benzene rings is 2. The Bertz CT molecular complexity index is 1060. The molecule has 0 spiro atoms. The molecule has 2 aromatic carbocycles. The van der Waals surface area contributed by atoms with E-state index in [-0.39, 0.29) is 17.6 Å². The van der Waals surface area contributed by atoms with Gasteiger partial charge in [0.2, 0.25) is 11.0 Å². The average Bonchev–Trinajstić information content (AvgIpc) is 3.12. The SMILES string of the molecule is Cc1ccc(C)c(NC(=O)CSc2nnc(NC(=O)c3ccc(C)c(C)c3)s2)c1. The van der Waals surface area contributed by atoms with E-state index >= 15 is 0 Å². The number of thioether (sulfide) groups is 1. The van der Waals surface area contributed by atoms with Crippen LogP contribution < -0.4 is 10.6 Å². The zero-order valence-electron chi connectivity index (χ0n) is 16.7. The quantitative estimate of drug-likeness (QED) is 0.439. The van der Waals surface area contributed by atoms with Gasteiger partial charge < -0.3 is 5.32 Å². The number of aromatic nitrogens is 2. The van der Waals surface area contributed by atoms with E-state index in [0.29, 0.717) is 15.0 Å². The number of anilines is 2. The summed E-state index contributed by atoms with van der Waals surface area (Å²) in [4.78, 5) is 24.6. The summed E-state index contributed by atoms with van der Waals surface area (Å²) >= 11 is 2.53. The number of rotatable bonds is 6. The van der Waals surface area contributed by atoms with Gasteiger partial charge in [-0.3, -0.25) is 14.9 Å². The largest absolute Gasteiger partial charge is 0.325 e. The molecule has 0 aliphatic carbocycles. The fourth-order valence-electron chi connectivity index (χ4n) is 2.55. The van der Waals surface area contributed by atoms with Gasteiger partial charge in [0.25, 0.3) is 5.91 Å². The molecule has 3 aromatic rings. The molecule has 3 rings (SSSR count). The van der Waals surface area contributed by atoms with Gasteiger partial charge >= 0.3 is 0 Å². The van der Waals surface area contributed by atoms with Gasteiger partial charge in [-0.2, -0.15) is 0 Å². The summed E-state index contributed by atoms with van der Waals surface area (Å²) < 4.78 is 0.622. The van der Waals surface area contributed by atoms with Crippen molar-refractivity contribution in [3.63, 3.8) is 0 Å². The van der Waals surface area contributed by atoms with Gasteiger partial charge in [-0.25, -0.2) is 0 Å². The number of carbonyl (C=O) groups excluding carboxylic acids is 2. The minimum Gasteiger partial charge on any atom is -0.325 e. The fourth-order valence-corrected chi connectivity index (χ4v) is 4.10. The lowest BCUT2D eigenvalue weighted by atomic mass is 10.1. The van der Waals surface area contributed by atoms with Crippen molar-refractivity contribution in [2.75, 3.05) is 16.4 Å². The molecule has 0 aliphatic rings. The first kappa shape index (κ1) is 21.0. The maximum absolute atomic E-state index is 12.4. The van der Waals surface area contributed by atoms with E-state index < -0.39 is 0 Å². The van der Waals surface area contributed by atoms with Gasteiger partial charge in [0.15, 0.2) is 4.34 Å². The third kappa shape index (κ3) is 5.65. The topological polar surface area (TPSA) is 84.0 Å². The maximum atomic E-state index is 12.4. The minimum atomic E-state index is -0.228. The maximum Gasteiger partial charge on any atom is 0.257 e. The van der Waals surface area contributed by atoms with Crippen LogP contribution in [0.1, 0.15) is 32.6 Å². The number of nitrogens with one attached hydrogen (secondary N) is 2. The number of nitrogens with zero attached hydrogens (tertiary/aromatic N) is 2. The lowest BCUT2D eigenvalue weighted by Crippen LogP contribution is -2.14. The molecule has 2 amide bonds. The summed E-state index contributed by atoms with van der Waals surface area (Å²) in [6.45, 7) is 7.91. The molecule has 8 heteroatoms. The first-order valence-electron chi connectivity index (χ1n) is 9.04. The van der Waals surface area contributed by atoms with E-state index in [2.05, 4.69) is 20.8 Å². The summed E-state index contributed by atoms with van der Waals surface area (Å²) in [6, 6.07) is 11.5. The highest BCUT2D eigenvalue weighted by Gasteiger charge is 2.13. The monoisotopic (exact) mass is 426 g/mol. The van der Waals surface area contributed by atoms with Crippen molar-refractivity contribution in [1.82, 2.24) is 10.2 Å². The van der Waals surface area contributed by atoms with Crippen LogP contribution in [0.4, 0.5) is 10.8 Å². The molecule has 0 unspecified atom stereocenters. The fraction of sp³-hybridized carbons (Fsp3) is 0.238.